The van der Waals surface area contributed by atoms with Crippen LogP contribution in [0.3, 0.4) is 0 Å². The lowest BCUT2D eigenvalue weighted by atomic mass is 10.2. The molecule has 1 aromatic heterocycles. The minimum atomic E-state index is -1.00. The third-order valence-electron chi connectivity index (χ3n) is 4.05. The molecular formula is C16H26N4O3S2. The summed E-state index contributed by atoms with van der Waals surface area (Å²) in [6.07, 6.45) is 2.62. The summed E-state index contributed by atoms with van der Waals surface area (Å²) in [7, 11) is 4.13. The summed E-state index contributed by atoms with van der Waals surface area (Å²) in [5, 5.41) is 13.9. The first kappa shape index (κ1) is 20.2. The molecule has 0 saturated carbocycles. The number of nitrogens with zero attached hydrogens (tertiary/aromatic N) is 3. The highest BCUT2D eigenvalue weighted by Gasteiger charge is 2.30. The second-order valence-electron chi connectivity index (χ2n) is 6.29. The van der Waals surface area contributed by atoms with Crippen LogP contribution in [0.25, 0.3) is 0 Å². The number of carbonyl (C=O) groups is 2. The van der Waals surface area contributed by atoms with Gasteiger partial charge in [0.2, 0.25) is 5.91 Å². The second-order valence-corrected chi connectivity index (χ2v) is 8.49. The van der Waals surface area contributed by atoms with Gasteiger partial charge in [0, 0.05) is 36.7 Å². The Morgan fingerprint density at radius 1 is 1.56 bits per heavy atom. The van der Waals surface area contributed by atoms with Crippen molar-refractivity contribution >= 4 is 35.0 Å². The van der Waals surface area contributed by atoms with Gasteiger partial charge in [-0.15, -0.1) is 11.3 Å². The van der Waals surface area contributed by atoms with E-state index in [0.717, 1.165) is 42.6 Å². The van der Waals surface area contributed by atoms with Crippen LogP contribution < -0.4 is 5.32 Å². The van der Waals surface area contributed by atoms with Gasteiger partial charge in [0.15, 0.2) is 10.0 Å². The molecule has 0 aromatic carbocycles. The molecule has 2 rings (SSSR count). The van der Waals surface area contributed by atoms with Crippen LogP contribution in [-0.4, -0.2) is 83.8 Å². The molecule has 2 N–H and O–H groups in total. The number of likely N-dealkylation sites (tertiary alicyclic amines) is 1. The van der Waals surface area contributed by atoms with E-state index in [1.807, 2.05) is 4.90 Å². The fourth-order valence-electron chi connectivity index (χ4n) is 2.75. The van der Waals surface area contributed by atoms with Crippen molar-refractivity contribution in [3.05, 3.63) is 11.1 Å². The highest BCUT2D eigenvalue weighted by atomic mass is 32.2. The molecule has 0 radical (unpaired) electrons. The van der Waals surface area contributed by atoms with Crippen molar-refractivity contribution in [1.29, 1.82) is 0 Å². The summed E-state index contributed by atoms with van der Waals surface area (Å²) in [6.45, 7) is 3.53. The SMILES string of the molecule is CN(C)CCCNC[C@H]1CCC(=O)N1CCSc1nc(C(=O)O)cs1. The first-order valence-electron chi connectivity index (χ1n) is 8.44. The van der Waals surface area contributed by atoms with Gasteiger partial charge in [0.25, 0.3) is 0 Å². The number of carbonyl (C=O) groups excluding carboxylic acids is 1. The molecule has 0 aliphatic carbocycles. The second kappa shape index (κ2) is 10.1. The maximum absolute atomic E-state index is 12.1. The van der Waals surface area contributed by atoms with Crippen LogP contribution in [0, 0.1) is 0 Å². The fraction of sp³-hybridized carbons (Fsp3) is 0.688. The van der Waals surface area contributed by atoms with Crippen LogP contribution in [0.1, 0.15) is 29.8 Å². The van der Waals surface area contributed by atoms with Crippen molar-refractivity contribution in [2.45, 2.75) is 29.6 Å². The van der Waals surface area contributed by atoms with E-state index in [4.69, 9.17) is 5.11 Å². The quantitative estimate of drug-likeness (QED) is 0.440. The number of hydrogen-bond acceptors (Lipinski definition) is 7. The molecule has 0 bridgehead atoms. The Morgan fingerprint density at radius 3 is 3.04 bits per heavy atom. The molecular weight excluding hydrogens is 360 g/mol. The van der Waals surface area contributed by atoms with E-state index >= 15 is 0 Å². The minimum Gasteiger partial charge on any atom is -0.476 e. The van der Waals surface area contributed by atoms with Crippen LogP contribution in [0.2, 0.25) is 0 Å². The number of aromatic carboxylic acids is 1. The van der Waals surface area contributed by atoms with Crippen molar-refractivity contribution in [3.63, 3.8) is 0 Å². The Labute approximate surface area is 156 Å². The third-order valence-corrected chi connectivity index (χ3v) is 6.05. The molecule has 9 heteroatoms. The summed E-state index contributed by atoms with van der Waals surface area (Å²) in [5.41, 5.74) is 0.0875. The van der Waals surface area contributed by atoms with Crippen molar-refractivity contribution in [2.24, 2.45) is 0 Å². The highest BCUT2D eigenvalue weighted by molar-refractivity contribution is 8.01. The normalized spacial score (nSPS) is 17.6. The predicted molar refractivity (Wildman–Crippen MR) is 101 cm³/mol. The van der Waals surface area contributed by atoms with Crippen molar-refractivity contribution < 1.29 is 14.7 Å². The molecule has 1 saturated heterocycles. The molecule has 1 fully saturated rings. The van der Waals surface area contributed by atoms with Gasteiger partial charge in [-0.3, -0.25) is 4.79 Å². The molecule has 1 amide bonds. The van der Waals surface area contributed by atoms with E-state index in [9.17, 15) is 9.59 Å². The van der Waals surface area contributed by atoms with E-state index in [1.165, 1.54) is 23.1 Å². The number of nitrogens with one attached hydrogen (secondary N) is 1. The topological polar surface area (TPSA) is 85.8 Å². The first-order valence-corrected chi connectivity index (χ1v) is 10.3. The zero-order valence-corrected chi connectivity index (χ0v) is 16.4. The van der Waals surface area contributed by atoms with Gasteiger partial charge in [-0.1, -0.05) is 11.8 Å². The maximum atomic E-state index is 12.1. The summed E-state index contributed by atoms with van der Waals surface area (Å²) in [4.78, 5) is 31.1. The van der Waals surface area contributed by atoms with Gasteiger partial charge in [0.05, 0.1) is 0 Å². The standard InChI is InChI=1S/C16H26N4O3S2/c1-19(2)7-3-6-17-10-12-4-5-14(21)20(12)8-9-24-16-18-13(11-25-16)15(22)23/h11-12,17H,3-10H2,1-2H3,(H,22,23)/t12-/m1/s1. The van der Waals surface area contributed by atoms with Gasteiger partial charge in [0.1, 0.15) is 0 Å². The molecule has 140 valence electrons. The van der Waals surface area contributed by atoms with Crippen LogP contribution in [-0.2, 0) is 4.79 Å². The van der Waals surface area contributed by atoms with E-state index in [2.05, 4.69) is 29.3 Å². The Hall–Kier alpha value is -1.16. The van der Waals surface area contributed by atoms with Gasteiger partial charge < -0.3 is 20.2 Å². The number of aromatic nitrogens is 1. The van der Waals surface area contributed by atoms with Crippen LogP contribution in [0.4, 0.5) is 0 Å². The molecule has 25 heavy (non-hydrogen) atoms. The Morgan fingerprint density at radius 2 is 2.36 bits per heavy atom. The van der Waals surface area contributed by atoms with Crippen molar-refractivity contribution in [2.75, 3.05) is 46.0 Å². The number of hydrogen-bond donors (Lipinski definition) is 2. The molecule has 1 aromatic rings. The van der Waals surface area contributed by atoms with Crippen molar-refractivity contribution in [3.8, 4) is 0 Å². The molecule has 7 nitrogen and oxygen atoms in total. The molecule has 0 unspecified atom stereocenters. The third kappa shape index (κ3) is 6.58. The molecule has 1 atom stereocenters. The molecule has 1 aliphatic rings. The average molecular weight is 387 g/mol. The number of carboxylic acids is 1. The Bertz CT molecular complexity index is 579. The molecule has 1 aliphatic heterocycles. The summed E-state index contributed by atoms with van der Waals surface area (Å²) in [5.74, 6) is -0.0561. The lowest BCUT2D eigenvalue weighted by Gasteiger charge is -2.25. The Kier molecular flexibility index (Phi) is 8.14. The van der Waals surface area contributed by atoms with Gasteiger partial charge in [-0.25, -0.2) is 9.78 Å². The first-order chi connectivity index (χ1) is 12.0. The van der Waals surface area contributed by atoms with Gasteiger partial charge in [-0.05, 0) is 40.0 Å². The minimum absolute atomic E-state index is 0.0875. The smallest absolute Gasteiger partial charge is 0.355 e. The van der Waals surface area contributed by atoms with Gasteiger partial charge in [-0.2, -0.15) is 0 Å². The van der Waals surface area contributed by atoms with E-state index in [1.54, 1.807) is 5.38 Å². The lowest BCUT2D eigenvalue weighted by Crippen LogP contribution is -2.41. The zero-order valence-electron chi connectivity index (χ0n) is 14.7. The largest absolute Gasteiger partial charge is 0.476 e. The fourth-order valence-corrected chi connectivity index (χ4v) is 4.56. The number of thioether (sulfide) groups is 1. The van der Waals surface area contributed by atoms with Crippen LogP contribution in [0.15, 0.2) is 9.72 Å². The zero-order chi connectivity index (χ0) is 18.2. The van der Waals surface area contributed by atoms with E-state index in [-0.39, 0.29) is 17.6 Å². The summed E-state index contributed by atoms with van der Waals surface area (Å²) in [6, 6.07) is 0.262. The summed E-state index contributed by atoms with van der Waals surface area (Å²) < 4.78 is 0.738. The number of carboxylic acid groups (broad SMARTS) is 1. The molecule has 2 heterocycles. The maximum Gasteiger partial charge on any atom is 0.355 e. The highest BCUT2D eigenvalue weighted by Crippen LogP contribution is 2.24. The van der Waals surface area contributed by atoms with E-state index < -0.39 is 5.97 Å². The number of rotatable bonds is 11. The van der Waals surface area contributed by atoms with Crippen LogP contribution in [0.5, 0.6) is 0 Å². The number of thiazole rings is 1. The monoisotopic (exact) mass is 386 g/mol. The van der Waals surface area contributed by atoms with Crippen molar-refractivity contribution in [1.82, 2.24) is 20.1 Å². The Balaban J connectivity index is 1.70. The van der Waals surface area contributed by atoms with Crippen LogP contribution >= 0.6 is 23.1 Å². The molecule has 0 spiro atoms. The van der Waals surface area contributed by atoms with E-state index in [0.29, 0.717) is 13.0 Å². The number of amides is 1. The summed E-state index contributed by atoms with van der Waals surface area (Å²) >= 11 is 2.84. The predicted octanol–water partition coefficient (Wildman–Crippen LogP) is 1.47. The lowest BCUT2D eigenvalue weighted by molar-refractivity contribution is -0.128. The average Bonchev–Trinajstić information content (AvgIpc) is 3.15. The van der Waals surface area contributed by atoms with Gasteiger partial charge >= 0.3 is 5.97 Å².